The number of aliphatic imine (C=N–C) groups is 1. The average molecular weight is 246 g/mol. The van der Waals surface area contributed by atoms with Gasteiger partial charge in [-0.15, -0.1) is 0 Å². The van der Waals surface area contributed by atoms with E-state index >= 15 is 0 Å². The van der Waals surface area contributed by atoms with Gasteiger partial charge in [-0.25, -0.2) is 4.99 Å². The number of ether oxygens (including phenoxy) is 1. The van der Waals surface area contributed by atoms with Crippen LogP contribution in [0.1, 0.15) is 40.3 Å². The van der Waals surface area contributed by atoms with Crippen LogP contribution in [-0.4, -0.2) is 23.5 Å². The predicted octanol–water partition coefficient (Wildman–Crippen LogP) is 3.20. The molecular formula is C15H22N2O. The van der Waals surface area contributed by atoms with E-state index < -0.39 is 0 Å². The third-order valence-corrected chi connectivity index (χ3v) is 3.49. The number of aromatic nitrogens is 1. The lowest BCUT2D eigenvalue weighted by atomic mass is 9.87. The van der Waals surface area contributed by atoms with Crippen LogP contribution in [0.5, 0.6) is 0 Å². The first-order valence-corrected chi connectivity index (χ1v) is 6.44. The van der Waals surface area contributed by atoms with Crippen LogP contribution in [0.15, 0.2) is 29.4 Å². The Bertz CT molecular complexity index is 443. The topological polar surface area (TPSA) is 34.5 Å². The van der Waals surface area contributed by atoms with Crippen LogP contribution in [0.4, 0.5) is 0 Å². The standard InChI is InChI=1S/C15H22N2O/c1-14(2,3)12-10-18-13(17-12)15(4,5)11-8-6-7-9-16-11/h6-9,12H,10H2,1-5H3/t12-/m1/s1. The predicted molar refractivity (Wildman–Crippen MR) is 73.9 cm³/mol. The van der Waals surface area contributed by atoms with Gasteiger partial charge in [0.25, 0.3) is 0 Å². The molecule has 1 aliphatic rings. The molecule has 0 aromatic carbocycles. The first kappa shape index (κ1) is 13.1. The van der Waals surface area contributed by atoms with Crippen LogP contribution in [0.2, 0.25) is 0 Å². The van der Waals surface area contributed by atoms with E-state index in [9.17, 15) is 0 Å². The van der Waals surface area contributed by atoms with Crippen LogP contribution in [0, 0.1) is 5.41 Å². The van der Waals surface area contributed by atoms with Gasteiger partial charge in [-0.05, 0) is 31.4 Å². The van der Waals surface area contributed by atoms with E-state index in [1.54, 1.807) is 0 Å². The molecule has 0 N–H and O–H groups in total. The van der Waals surface area contributed by atoms with E-state index in [1.807, 2.05) is 24.4 Å². The summed E-state index contributed by atoms with van der Waals surface area (Å²) in [6, 6.07) is 6.18. The molecule has 3 nitrogen and oxygen atoms in total. The summed E-state index contributed by atoms with van der Waals surface area (Å²) in [6.45, 7) is 11.5. The molecule has 3 heteroatoms. The van der Waals surface area contributed by atoms with Crippen LogP contribution in [0.25, 0.3) is 0 Å². The van der Waals surface area contributed by atoms with Crippen molar-refractivity contribution in [2.24, 2.45) is 10.4 Å². The lowest BCUT2D eigenvalue weighted by molar-refractivity contribution is 0.227. The van der Waals surface area contributed by atoms with E-state index in [-0.39, 0.29) is 16.9 Å². The molecule has 2 heterocycles. The molecule has 0 bridgehead atoms. The number of nitrogens with zero attached hydrogens (tertiary/aromatic N) is 2. The Hall–Kier alpha value is -1.38. The monoisotopic (exact) mass is 246 g/mol. The van der Waals surface area contributed by atoms with Crippen LogP contribution in [-0.2, 0) is 10.2 Å². The summed E-state index contributed by atoms with van der Waals surface area (Å²) in [5.74, 6) is 0.807. The smallest absolute Gasteiger partial charge is 0.195 e. The maximum absolute atomic E-state index is 5.82. The minimum absolute atomic E-state index is 0.141. The molecule has 1 atom stereocenters. The maximum atomic E-state index is 5.82. The fraction of sp³-hybridized carbons (Fsp3) is 0.600. The number of rotatable bonds is 2. The molecule has 0 spiro atoms. The van der Waals surface area contributed by atoms with Gasteiger partial charge in [0.1, 0.15) is 6.61 Å². The molecule has 1 aliphatic heterocycles. The Morgan fingerprint density at radius 3 is 2.39 bits per heavy atom. The highest BCUT2D eigenvalue weighted by Gasteiger charge is 2.38. The lowest BCUT2D eigenvalue weighted by Crippen LogP contribution is -2.30. The van der Waals surface area contributed by atoms with E-state index in [0.29, 0.717) is 6.61 Å². The third-order valence-electron chi connectivity index (χ3n) is 3.49. The van der Waals surface area contributed by atoms with Gasteiger partial charge in [-0.3, -0.25) is 4.98 Å². The zero-order chi connectivity index (χ0) is 13.4. The molecule has 0 amide bonds. The van der Waals surface area contributed by atoms with Crippen LogP contribution in [0.3, 0.4) is 0 Å². The maximum Gasteiger partial charge on any atom is 0.195 e. The van der Waals surface area contributed by atoms with Crippen molar-refractivity contribution in [3.63, 3.8) is 0 Å². The van der Waals surface area contributed by atoms with Gasteiger partial charge in [-0.1, -0.05) is 26.8 Å². The van der Waals surface area contributed by atoms with Crippen LogP contribution < -0.4 is 0 Å². The van der Waals surface area contributed by atoms with Gasteiger partial charge >= 0.3 is 0 Å². The third kappa shape index (κ3) is 2.40. The highest BCUT2D eigenvalue weighted by Crippen LogP contribution is 2.32. The SMILES string of the molecule is CC(C)(C1=N[C@@H](C(C)(C)C)CO1)c1ccccn1. The van der Waals surface area contributed by atoms with Gasteiger partial charge in [0, 0.05) is 6.20 Å². The van der Waals surface area contributed by atoms with Crippen molar-refractivity contribution >= 4 is 5.90 Å². The largest absolute Gasteiger partial charge is 0.478 e. The Morgan fingerprint density at radius 2 is 1.89 bits per heavy atom. The summed E-state index contributed by atoms with van der Waals surface area (Å²) in [7, 11) is 0. The number of pyridine rings is 1. The van der Waals surface area contributed by atoms with Gasteiger partial charge in [0.05, 0.1) is 17.2 Å². The molecule has 18 heavy (non-hydrogen) atoms. The van der Waals surface area contributed by atoms with Crippen LogP contribution >= 0.6 is 0 Å². The second kappa shape index (κ2) is 4.38. The van der Waals surface area contributed by atoms with Crippen molar-refractivity contribution in [1.82, 2.24) is 4.98 Å². The first-order chi connectivity index (χ1) is 8.32. The normalized spacial score (nSPS) is 20.5. The molecule has 0 radical (unpaired) electrons. The molecule has 0 fully saturated rings. The highest BCUT2D eigenvalue weighted by atomic mass is 16.5. The van der Waals surface area contributed by atoms with E-state index in [1.165, 1.54) is 0 Å². The molecule has 98 valence electrons. The summed E-state index contributed by atoms with van der Waals surface area (Å²) in [4.78, 5) is 9.18. The molecule has 0 saturated heterocycles. The number of hydrogen-bond acceptors (Lipinski definition) is 3. The van der Waals surface area contributed by atoms with E-state index in [4.69, 9.17) is 9.73 Å². The Kier molecular flexibility index (Phi) is 3.18. The summed E-state index contributed by atoms with van der Waals surface area (Å²) >= 11 is 0. The number of hydrogen-bond donors (Lipinski definition) is 0. The molecule has 1 aromatic heterocycles. The summed E-state index contributed by atoms with van der Waals surface area (Å²) in [5.41, 5.74) is 0.877. The quantitative estimate of drug-likeness (QED) is 0.803. The van der Waals surface area contributed by atoms with E-state index in [0.717, 1.165) is 11.6 Å². The van der Waals surface area contributed by atoms with Crippen molar-refractivity contribution in [1.29, 1.82) is 0 Å². The fourth-order valence-electron chi connectivity index (χ4n) is 2.00. The minimum Gasteiger partial charge on any atom is -0.478 e. The van der Waals surface area contributed by atoms with Crippen molar-refractivity contribution in [3.8, 4) is 0 Å². The average Bonchev–Trinajstić information content (AvgIpc) is 2.79. The Balaban J connectivity index is 2.28. The van der Waals surface area contributed by atoms with Gasteiger partial charge in [-0.2, -0.15) is 0 Å². The fourth-order valence-corrected chi connectivity index (χ4v) is 2.00. The zero-order valence-corrected chi connectivity index (χ0v) is 11.9. The Labute approximate surface area is 109 Å². The van der Waals surface area contributed by atoms with Crippen molar-refractivity contribution in [3.05, 3.63) is 30.1 Å². The molecule has 0 saturated carbocycles. The second-order valence-electron chi connectivity index (χ2n) is 6.47. The van der Waals surface area contributed by atoms with Crippen molar-refractivity contribution in [2.45, 2.75) is 46.1 Å². The molecular weight excluding hydrogens is 224 g/mol. The van der Waals surface area contributed by atoms with Gasteiger partial charge in [0.15, 0.2) is 5.90 Å². The van der Waals surface area contributed by atoms with Crippen molar-refractivity contribution < 1.29 is 4.74 Å². The van der Waals surface area contributed by atoms with Gasteiger partial charge in [0.2, 0.25) is 0 Å². The molecule has 0 aliphatic carbocycles. The Morgan fingerprint density at radius 1 is 1.17 bits per heavy atom. The molecule has 0 unspecified atom stereocenters. The van der Waals surface area contributed by atoms with Crippen molar-refractivity contribution in [2.75, 3.05) is 6.61 Å². The molecule has 1 aromatic rings. The highest BCUT2D eigenvalue weighted by molar-refractivity contribution is 5.88. The summed E-state index contributed by atoms with van der Waals surface area (Å²) in [5, 5.41) is 0. The molecule has 2 rings (SSSR count). The van der Waals surface area contributed by atoms with Gasteiger partial charge < -0.3 is 4.74 Å². The summed E-state index contributed by atoms with van der Waals surface area (Å²) in [6.07, 6.45) is 1.81. The minimum atomic E-state index is -0.263. The lowest BCUT2D eigenvalue weighted by Gasteiger charge is -2.23. The first-order valence-electron chi connectivity index (χ1n) is 6.44. The summed E-state index contributed by atoms with van der Waals surface area (Å²) < 4.78 is 5.82. The zero-order valence-electron chi connectivity index (χ0n) is 11.9. The van der Waals surface area contributed by atoms with E-state index in [2.05, 4.69) is 39.6 Å². The second-order valence-corrected chi connectivity index (χ2v) is 6.47.